The number of halogens is 1. The number of benzene rings is 2. The van der Waals surface area contributed by atoms with Crippen LogP contribution < -0.4 is 10.1 Å². The number of carbonyl (C=O) groups is 1. The molecule has 0 atom stereocenters. The van der Waals surface area contributed by atoms with Crippen molar-refractivity contribution in [3.63, 3.8) is 0 Å². The monoisotopic (exact) mass is 353 g/mol. The Morgan fingerprint density at radius 3 is 2.62 bits per heavy atom. The molecule has 6 heteroatoms. The minimum absolute atomic E-state index is 0.320. The molecule has 2 N–H and O–H groups in total. The van der Waals surface area contributed by atoms with Gasteiger partial charge in [0.1, 0.15) is 17.3 Å². The Labute approximate surface area is 151 Å². The quantitative estimate of drug-likeness (QED) is 0.689. The molecule has 0 saturated heterocycles. The Bertz CT molecular complexity index is 904. The average Bonchev–Trinajstić information content (AvgIpc) is 3.04. The molecule has 0 aliphatic carbocycles. The lowest BCUT2D eigenvalue weighted by molar-refractivity contribution is 0.102. The van der Waals surface area contributed by atoms with Crippen LogP contribution in [-0.4, -0.2) is 23.2 Å². The third-order valence-corrected chi connectivity index (χ3v) is 4.05. The zero-order valence-electron chi connectivity index (χ0n) is 14.7. The summed E-state index contributed by atoms with van der Waals surface area (Å²) in [5.74, 6) is -0.0366. The number of anilines is 1. The molecule has 0 spiro atoms. The van der Waals surface area contributed by atoms with Crippen molar-refractivity contribution in [3.05, 3.63) is 65.6 Å². The van der Waals surface area contributed by atoms with E-state index in [-0.39, 0.29) is 11.7 Å². The summed E-state index contributed by atoms with van der Waals surface area (Å²) in [5.41, 5.74) is 3.22. The smallest absolute Gasteiger partial charge is 0.255 e. The van der Waals surface area contributed by atoms with E-state index in [4.69, 9.17) is 4.74 Å². The highest BCUT2D eigenvalue weighted by Gasteiger charge is 2.20. The number of ether oxygens (including phenoxy) is 1. The number of carbonyl (C=O) groups excluding carboxylic acids is 1. The van der Waals surface area contributed by atoms with Crippen LogP contribution in [0.4, 0.5) is 10.1 Å². The molecule has 0 fully saturated rings. The number of hydrogen-bond donors (Lipinski definition) is 2. The highest BCUT2D eigenvalue weighted by Crippen LogP contribution is 2.35. The van der Waals surface area contributed by atoms with E-state index in [1.807, 2.05) is 24.3 Å². The number of nitrogens with one attached hydrogen (secondary N) is 2. The summed E-state index contributed by atoms with van der Waals surface area (Å²) in [4.78, 5) is 12.6. The van der Waals surface area contributed by atoms with Crippen molar-refractivity contribution in [1.82, 2.24) is 10.2 Å². The number of para-hydroxylation sites is 1. The van der Waals surface area contributed by atoms with Gasteiger partial charge in [0.2, 0.25) is 0 Å². The first-order valence-corrected chi connectivity index (χ1v) is 8.41. The van der Waals surface area contributed by atoms with Gasteiger partial charge < -0.3 is 10.1 Å². The van der Waals surface area contributed by atoms with Crippen molar-refractivity contribution in [2.45, 2.75) is 19.8 Å². The lowest BCUT2D eigenvalue weighted by atomic mass is 10.1. The largest absolute Gasteiger partial charge is 0.496 e. The van der Waals surface area contributed by atoms with Crippen LogP contribution in [0, 0.1) is 5.82 Å². The first-order valence-electron chi connectivity index (χ1n) is 8.41. The minimum Gasteiger partial charge on any atom is -0.496 e. The molecule has 2 aromatic carbocycles. The van der Waals surface area contributed by atoms with Crippen LogP contribution in [-0.2, 0) is 6.42 Å². The standard InChI is InChI=1S/C20H20FN3O2/c1-3-6-16-19(22-20(25)13-9-11-14(21)12-10-13)18(24-23-16)15-7-4-5-8-17(15)26-2/h4-5,7-12H,3,6H2,1-2H3,(H,22,25)(H,23,24). The lowest BCUT2D eigenvalue weighted by Crippen LogP contribution is -2.13. The van der Waals surface area contributed by atoms with Gasteiger partial charge in [0, 0.05) is 11.1 Å². The number of amides is 1. The maximum absolute atomic E-state index is 13.1. The molecule has 0 saturated carbocycles. The molecule has 0 radical (unpaired) electrons. The second-order valence-electron chi connectivity index (χ2n) is 5.84. The molecule has 3 aromatic rings. The second kappa shape index (κ2) is 7.82. The molecule has 0 bridgehead atoms. The molecular formula is C20H20FN3O2. The van der Waals surface area contributed by atoms with Gasteiger partial charge in [-0.2, -0.15) is 5.10 Å². The average molecular weight is 353 g/mol. The highest BCUT2D eigenvalue weighted by molar-refractivity contribution is 6.06. The molecule has 0 aliphatic rings. The second-order valence-corrected chi connectivity index (χ2v) is 5.84. The number of hydrogen-bond acceptors (Lipinski definition) is 3. The molecule has 3 rings (SSSR count). The minimum atomic E-state index is -0.383. The summed E-state index contributed by atoms with van der Waals surface area (Å²) < 4.78 is 18.5. The fraction of sp³-hybridized carbons (Fsp3) is 0.200. The Morgan fingerprint density at radius 1 is 1.19 bits per heavy atom. The number of nitrogens with zero attached hydrogens (tertiary/aromatic N) is 1. The Morgan fingerprint density at radius 2 is 1.92 bits per heavy atom. The summed E-state index contributed by atoms with van der Waals surface area (Å²) in [6.07, 6.45) is 1.63. The Balaban J connectivity index is 2.00. The van der Waals surface area contributed by atoms with E-state index in [9.17, 15) is 9.18 Å². The molecule has 1 aromatic heterocycles. The Hall–Kier alpha value is -3.15. The van der Waals surface area contributed by atoms with Crippen LogP contribution in [0.1, 0.15) is 29.4 Å². The number of rotatable bonds is 6. The maximum atomic E-state index is 13.1. The van der Waals surface area contributed by atoms with Gasteiger partial charge in [-0.1, -0.05) is 25.5 Å². The first kappa shape index (κ1) is 17.7. The van der Waals surface area contributed by atoms with Crippen LogP contribution >= 0.6 is 0 Å². The van der Waals surface area contributed by atoms with Gasteiger partial charge in [0.25, 0.3) is 5.91 Å². The van der Waals surface area contributed by atoms with E-state index in [2.05, 4.69) is 22.4 Å². The number of methoxy groups -OCH3 is 1. The predicted molar refractivity (Wildman–Crippen MR) is 98.9 cm³/mol. The van der Waals surface area contributed by atoms with Crippen molar-refractivity contribution < 1.29 is 13.9 Å². The van der Waals surface area contributed by atoms with E-state index in [0.717, 1.165) is 24.1 Å². The normalized spacial score (nSPS) is 10.6. The van der Waals surface area contributed by atoms with Crippen molar-refractivity contribution in [2.24, 2.45) is 0 Å². The maximum Gasteiger partial charge on any atom is 0.255 e. The predicted octanol–water partition coefficient (Wildman–Crippen LogP) is 4.43. The number of aromatic amines is 1. The van der Waals surface area contributed by atoms with E-state index in [0.29, 0.717) is 22.7 Å². The van der Waals surface area contributed by atoms with Crippen molar-refractivity contribution in [3.8, 4) is 17.0 Å². The topological polar surface area (TPSA) is 67.0 Å². The SMILES string of the molecule is CCCc1[nH]nc(-c2ccccc2OC)c1NC(=O)c1ccc(F)cc1. The van der Waals surface area contributed by atoms with E-state index >= 15 is 0 Å². The number of aromatic nitrogens is 2. The van der Waals surface area contributed by atoms with Gasteiger partial charge in [0.15, 0.2) is 0 Å². The summed E-state index contributed by atoms with van der Waals surface area (Å²) >= 11 is 0. The van der Waals surface area contributed by atoms with E-state index < -0.39 is 0 Å². The summed E-state index contributed by atoms with van der Waals surface area (Å²) in [7, 11) is 1.59. The van der Waals surface area contributed by atoms with Gasteiger partial charge in [-0.15, -0.1) is 0 Å². The molecule has 26 heavy (non-hydrogen) atoms. The van der Waals surface area contributed by atoms with Gasteiger partial charge in [-0.3, -0.25) is 9.89 Å². The molecular weight excluding hydrogens is 333 g/mol. The van der Waals surface area contributed by atoms with Gasteiger partial charge in [-0.05, 0) is 42.8 Å². The molecule has 1 heterocycles. The van der Waals surface area contributed by atoms with Crippen molar-refractivity contribution in [1.29, 1.82) is 0 Å². The van der Waals surface area contributed by atoms with Crippen LogP contribution in [0.3, 0.4) is 0 Å². The van der Waals surface area contributed by atoms with Crippen LogP contribution in [0.2, 0.25) is 0 Å². The van der Waals surface area contributed by atoms with E-state index in [1.54, 1.807) is 7.11 Å². The van der Waals surface area contributed by atoms with Crippen LogP contribution in [0.5, 0.6) is 5.75 Å². The fourth-order valence-corrected chi connectivity index (χ4v) is 2.77. The number of H-pyrrole nitrogens is 1. The lowest BCUT2D eigenvalue weighted by Gasteiger charge is -2.11. The molecule has 0 aliphatic heterocycles. The van der Waals surface area contributed by atoms with E-state index in [1.165, 1.54) is 24.3 Å². The van der Waals surface area contributed by atoms with Crippen LogP contribution in [0.25, 0.3) is 11.3 Å². The third kappa shape index (κ3) is 3.59. The van der Waals surface area contributed by atoms with Gasteiger partial charge >= 0.3 is 0 Å². The van der Waals surface area contributed by atoms with Crippen LogP contribution in [0.15, 0.2) is 48.5 Å². The zero-order valence-corrected chi connectivity index (χ0v) is 14.7. The summed E-state index contributed by atoms with van der Waals surface area (Å²) in [6.45, 7) is 2.05. The first-order chi connectivity index (χ1) is 12.6. The van der Waals surface area contributed by atoms with Crippen molar-refractivity contribution >= 4 is 11.6 Å². The van der Waals surface area contributed by atoms with Gasteiger partial charge in [-0.25, -0.2) is 4.39 Å². The zero-order chi connectivity index (χ0) is 18.5. The molecule has 5 nitrogen and oxygen atoms in total. The molecule has 0 unspecified atom stereocenters. The molecule has 1 amide bonds. The molecule has 134 valence electrons. The summed E-state index contributed by atoms with van der Waals surface area (Å²) in [6, 6.07) is 12.9. The highest BCUT2D eigenvalue weighted by atomic mass is 19.1. The van der Waals surface area contributed by atoms with Gasteiger partial charge in [0.05, 0.1) is 18.5 Å². The Kier molecular flexibility index (Phi) is 5.31. The fourth-order valence-electron chi connectivity index (χ4n) is 2.77. The van der Waals surface area contributed by atoms with Crippen molar-refractivity contribution in [2.75, 3.05) is 12.4 Å². The summed E-state index contributed by atoms with van der Waals surface area (Å²) in [5, 5.41) is 10.3. The number of aryl methyl sites for hydroxylation is 1. The third-order valence-electron chi connectivity index (χ3n) is 4.05.